The van der Waals surface area contributed by atoms with Crippen LogP contribution in [0.15, 0.2) is 95.5 Å². The first-order valence-electron chi connectivity index (χ1n) is 15.0. The second-order valence-corrected chi connectivity index (χ2v) is 11.5. The van der Waals surface area contributed by atoms with Crippen LogP contribution in [0.25, 0.3) is 55.4 Å². The second kappa shape index (κ2) is 9.50. The molecule has 6 aromatic rings. The molecule has 4 aromatic carbocycles. The highest BCUT2D eigenvalue weighted by atomic mass is 16.3. The van der Waals surface area contributed by atoms with E-state index >= 15 is 0 Å². The van der Waals surface area contributed by atoms with E-state index in [0.717, 1.165) is 49.8 Å². The molecule has 6 rings (SSSR count). The van der Waals surface area contributed by atoms with Gasteiger partial charge in [-0.15, -0.1) is 0 Å². The van der Waals surface area contributed by atoms with Gasteiger partial charge in [-0.25, -0.2) is 4.57 Å². The number of aryl methyl sites for hydroxylation is 3. The molecule has 196 valence electrons. The Morgan fingerprint density at radius 3 is 2.00 bits per heavy atom. The normalized spacial score (nSPS) is 13.2. The Hall–Kier alpha value is -4.68. The fourth-order valence-electron chi connectivity index (χ4n) is 5.51. The molecule has 0 aliphatic carbocycles. The molecule has 0 atom stereocenters. The Kier molecular flexibility index (Phi) is 5.27. The van der Waals surface area contributed by atoms with Gasteiger partial charge in [0.05, 0.1) is 17.2 Å². The van der Waals surface area contributed by atoms with Crippen LogP contribution in [0, 0.1) is 25.1 Å². The summed E-state index contributed by atoms with van der Waals surface area (Å²) in [6.45, 7) is 6.40. The minimum absolute atomic E-state index is 0.0927. The third-order valence-electron chi connectivity index (χ3n) is 7.80. The number of rotatable bonds is 3. The molecule has 0 aliphatic heterocycles. The molecule has 0 unspecified atom stereocenters. The molecule has 0 N–H and O–H groups in total. The summed E-state index contributed by atoms with van der Waals surface area (Å²) >= 11 is 0. The summed E-state index contributed by atoms with van der Waals surface area (Å²) < 4.78 is 32.4. The van der Waals surface area contributed by atoms with E-state index in [0.29, 0.717) is 16.7 Å². The van der Waals surface area contributed by atoms with Crippen molar-refractivity contribution in [3.05, 3.63) is 113 Å². The van der Waals surface area contributed by atoms with Gasteiger partial charge in [0.1, 0.15) is 18.2 Å². The molecule has 2 aromatic heterocycles. The van der Waals surface area contributed by atoms with E-state index in [2.05, 4.69) is 63.2 Å². The van der Waals surface area contributed by atoms with Gasteiger partial charge in [-0.3, -0.25) is 0 Å². The number of nitriles is 1. The van der Waals surface area contributed by atoms with E-state index in [1.54, 1.807) is 18.3 Å². The average molecular weight is 525 g/mol. The van der Waals surface area contributed by atoms with Crippen LogP contribution in [-0.2, 0) is 12.5 Å². The minimum atomic E-state index is -2.23. The van der Waals surface area contributed by atoms with Gasteiger partial charge in [0.2, 0.25) is 5.69 Å². The van der Waals surface area contributed by atoms with Crippen molar-refractivity contribution in [1.82, 2.24) is 0 Å². The van der Waals surface area contributed by atoms with Gasteiger partial charge in [-0.2, -0.15) is 5.26 Å². The van der Waals surface area contributed by atoms with Crippen molar-refractivity contribution >= 4 is 21.9 Å². The third kappa shape index (κ3) is 4.27. The van der Waals surface area contributed by atoms with Crippen LogP contribution in [0.5, 0.6) is 0 Å². The topological polar surface area (TPSA) is 40.8 Å². The van der Waals surface area contributed by atoms with Crippen molar-refractivity contribution < 1.29 is 13.1 Å². The van der Waals surface area contributed by atoms with E-state index in [4.69, 9.17) is 8.53 Å². The molecule has 0 saturated carbocycles. The summed E-state index contributed by atoms with van der Waals surface area (Å²) in [5.74, 6) is 0. The Morgan fingerprint density at radius 2 is 1.38 bits per heavy atom. The largest absolute Gasteiger partial charge is 0.454 e. The summed E-state index contributed by atoms with van der Waals surface area (Å²) in [6.07, 6.45) is 1.77. The highest BCUT2D eigenvalue weighted by Gasteiger charge is 2.23. The maximum atomic E-state index is 10.1. The molecule has 0 saturated heterocycles. The van der Waals surface area contributed by atoms with Crippen LogP contribution in [0.1, 0.15) is 47.1 Å². The number of hydrogen-bond acceptors (Lipinski definition) is 2. The van der Waals surface area contributed by atoms with Gasteiger partial charge in [-0.05, 0) is 64.7 Å². The van der Waals surface area contributed by atoms with Crippen molar-refractivity contribution in [1.29, 1.82) is 5.26 Å². The van der Waals surface area contributed by atoms with Crippen molar-refractivity contribution in [3.8, 4) is 39.6 Å². The summed E-state index contributed by atoms with van der Waals surface area (Å²) in [6, 6.07) is 30.5. The molecule has 0 aliphatic rings. The first kappa shape index (κ1) is 22.2. The van der Waals surface area contributed by atoms with E-state index in [1.165, 1.54) is 5.56 Å². The van der Waals surface area contributed by atoms with Crippen LogP contribution < -0.4 is 4.57 Å². The van der Waals surface area contributed by atoms with Gasteiger partial charge in [0.15, 0.2) is 6.20 Å². The van der Waals surface area contributed by atoms with Crippen molar-refractivity contribution in [2.45, 2.75) is 40.0 Å². The smallest absolute Gasteiger partial charge is 0.216 e. The van der Waals surface area contributed by atoms with Crippen LogP contribution >= 0.6 is 0 Å². The Labute approximate surface area is 240 Å². The van der Waals surface area contributed by atoms with Gasteiger partial charge in [-0.1, -0.05) is 81.4 Å². The minimum Gasteiger partial charge on any atom is -0.454 e. The van der Waals surface area contributed by atoms with Crippen molar-refractivity contribution in [2.75, 3.05) is 0 Å². The number of fused-ring (bicyclic) bond motifs is 3. The molecule has 3 nitrogen and oxygen atoms in total. The predicted octanol–water partition coefficient (Wildman–Crippen LogP) is 9.20. The highest BCUT2D eigenvalue weighted by molar-refractivity contribution is 6.14. The molecule has 2 heterocycles. The van der Waals surface area contributed by atoms with Crippen molar-refractivity contribution in [2.24, 2.45) is 7.05 Å². The number of pyridine rings is 1. The molecule has 0 spiro atoms. The number of furan rings is 1. The number of aromatic nitrogens is 1. The van der Waals surface area contributed by atoms with Gasteiger partial charge < -0.3 is 4.42 Å². The van der Waals surface area contributed by atoms with Crippen LogP contribution in [0.2, 0.25) is 0 Å². The molecule has 3 heteroatoms. The monoisotopic (exact) mass is 524 g/mol. The quantitative estimate of drug-likeness (QED) is 0.217. The molecule has 40 heavy (non-hydrogen) atoms. The van der Waals surface area contributed by atoms with Crippen LogP contribution in [-0.4, -0.2) is 0 Å². The zero-order valence-electron chi connectivity index (χ0n) is 26.5. The van der Waals surface area contributed by atoms with E-state index < -0.39 is 6.85 Å². The molecular formula is C37H33N2O+. The summed E-state index contributed by atoms with van der Waals surface area (Å²) in [4.78, 5) is 0. The average Bonchev–Trinajstić information content (AvgIpc) is 3.35. The lowest BCUT2D eigenvalue weighted by Gasteiger charge is -2.19. The lowest BCUT2D eigenvalue weighted by Crippen LogP contribution is -2.30. The summed E-state index contributed by atoms with van der Waals surface area (Å²) in [5, 5.41) is 11.9. The third-order valence-corrected chi connectivity index (χ3v) is 7.80. The Bertz CT molecular complexity index is 2050. The van der Waals surface area contributed by atoms with E-state index in [1.807, 2.05) is 54.9 Å². The Balaban J connectivity index is 1.52. The maximum absolute atomic E-state index is 10.1. The molecule has 0 bridgehead atoms. The maximum Gasteiger partial charge on any atom is 0.216 e. The molecule has 0 amide bonds. The first-order chi connectivity index (χ1) is 20.4. The van der Waals surface area contributed by atoms with Gasteiger partial charge >= 0.3 is 0 Å². The molecule has 0 fully saturated rings. The zero-order valence-corrected chi connectivity index (χ0v) is 23.5. The number of nitrogens with zero attached hydrogens (tertiary/aromatic N) is 2. The second-order valence-electron chi connectivity index (χ2n) is 11.5. The highest BCUT2D eigenvalue weighted by Crippen LogP contribution is 2.42. The SMILES string of the molecule is [2H]C([2H])([2H])c1cc[n+](C)c(-c2c(C)ccc3c2oc2c(-c4ccc(-c5ccc(C(C)(C)C)cc5)cc4)c(C#N)ccc23)c1. The fourth-order valence-corrected chi connectivity index (χ4v) is 5.51. The van der Waals surface area contributed by atoms with Crippen LogP contribution in [0.3, 0.4) is 0 Å². The number of hydrogen-bond donors (Lipinski definition) is 0. The lowest BCUT2D eigenvalue weighted by atomic mass is 9.86. The van der Waals surface area contributed by atoms with Crippen molar-refractivity contribution in [3.63, 3.8) is 0 Å². The predicted molar refractivity (Wildman–Crippen MR) is 164 cm³/mol. The summed E-state index contributed by atoms with van der Waals surface area (Å²) in [5.41, 5.74) is 9.90. The standard InChI is InChI=1S/C37H33N2O/c1-23-19-20-39(6)32(21-23)33-24(2)7-17-30-31-18-14-28(22-38)34(36(31)40-35(30)33)27-10-8-25(9-11-27)26-12-15-29(16-13-26)37(3,4)5/h7-21H,1-6H3/q+1/i1D3. The Morgan fingerprint density at radius 1 is 0.775 bits per heavy atom. The first-order valence-corrected chi connectivity index (χ1v) is 13.5. The van der Waals surface area contributed by atoms with Gasteiger partial charge in [0, 0.05) is 32.6 Å². The summed E-state index contributed by atoms with van der Waals surface area (Å²) in [7, 11) is 1.90. The van der Waals surface area contributed by atoms with E-state index in [9.17, 15) is 5.26 Å². The number of benzene rings is 4. The molecular weight excluding hydrogens is 488 g/mol. The van der Waals surface area contributed by atoms with Crippen LogP contribution in [0.4, 0.5) is 0 Å². The van der Waals surface area contributed by atoms with Gasteiger partial charge in [0.25, 0.3) is 0 Å². The fraction of sp³-hybridized carbons (Fsp3) is 0.189. The lowest BCUT2D eigenvalue weighted by molar-refractivity contribution is -0.660. The van der Waals surface area contributed by atoms with E-state index in [-0.39, 0.29) is 11.0 Å². The zero-order chi connectivity index (χ0) is 30.7. The molecule has 0 radical (unpaired) electrons.